The number of halogens is 1. The Morgan fingerprint density at radius 1 is 1.47 bits per heavy atom. The van der Waals surface area contributed by atoms with Crippen molar-refractivity contribution in [3.05, 3.63) is 34.1 Å². The average molecular weight is 292 g/mol. The molecule has 0 heterocycles. The first-order chi connectivity index (χ1) is 8.82. The number of sulfonamides is 1. The summed E-state index contributed by atoms with van der Waals surface area (Å²) in [5.74, 6) is -1.19. The maximum absolute atomic E-state index is 13.4. The van der Waals surface area contributed by atoms with E-state index in [1.807, 2.05) is 0 Å². The first kappa shape index (κ1) is 15.5. The molecule has 0 fully saturated rings. The van der Waals surface area contributed by atoms with E-state index in [0.29, 0.717) is 0 Å². The highest BCUT2D eigenvalue weighted by molar-refractivity contribution is 7.89. The molecule has 0 bridgehead atoms. The molecule has 0 aliphatic heterocycles. The van der Waals surface area contributed by atoms with Crippen LogP contribution in [0.5, 0.6) is 0 Å². The second-order valence-corrected chi connectivity index (χ2v) is 5.68. The van der Waals surface area contributed by atoms with Gasteiger partial charge in [-0.1, -0.05) is 6.07 Å². The van der Waals surface area contributed by atoms with E-state index in [4.69, 9.17) is 4.74 Å². The van der Waals surface area contributed by atoms with Crippen molar-refractivity contribution in [2.24, 2.45) is 0 Å². The largest absolute Gasteiger partial charge is 0.383 e. The molecule has 0 aromatic heterocycles. The van der Waals surface area contributed by atoms with Gasteiger partial charge in [0.2, 0.25) is 15.8 Å². The zero-order valence-corrected chi connectivity index (χ0v) is 11.2. The summed E-state index contributed by atoms with van der Waals surface area (Å²) in [5.41, 5.74) is -1.05. The van der Waals surface area contributed by atoms with Gasteiger partial charge in [-0.2, -0.15) is 8.70 Å². The van der Waals surface area contributed by atoms with Gasteiger partial charge in [-0.05, 0) is 12.1 Å². The zero-order valence-electron chi connectivity index (χ0n) is 10.4. The van der Waals surface area contributed by atoms with Crippen LogP contribution in [-0.2, 0) is 14.8 Å². The standard InChI is InChI=1S/C10H13FN2O5S/c1-12(6-7-18-2)19(16,17)9-5-3-4-8(11)10(9)13(14)15/h3-5H,6-7H2,1-2H3. The Morgan fingerprint density at radius 3 is 2.63 bits per heavy atom. The van der Waals surface area contributed by atoms with Crippen molar-refractivity contribution in [1.29, 1.82) is 0 Å². The van der Waals surface area contributed by atoms with Gasteiger partial charge in [0.05, 0.1) is 11.5 Å². The normalized spacial score (nSPS) is 11.8. The Morgan fingerprint density at radius 2 is 2.11 bits per heavy atom. The molecule has 9 heteroatoms. The summed E-state index contributed by atoms with van der Waals surface area (Å²) >= 11 is 0. The summed E-state index contributed by atoms with van der Waals surface area (Å²) in [4.78, 5) is 9.06. The van der Waals surface area contributed by atoms with Crippen LogP contribution in [0.15, 0.2) is 23.1 Å². The molecule has 0 saturated carbocycles. The van der Waals surface area contributed by atoms with Crippen LogP contribution >= 0.6 is 0 Å². The number of rotatable bonds is 6. The van der Waals surface area contributed by atoms with E-state index in [0.717, 1.165) is 22.5 Å². The maximum atomic E-state index is 13.4. The first-order valence-corrected chi connectivity index (χ1v) is 6.64. The van der Waals surface area contributed by atoms with Crippen molar-refractivity contribution in [3.63, 3.8) is 0 Å². The third-order valence-corrected chi connectivity index (χ3v) is 4.32. The highest BCUT2D eigenvalue weighted by Gasteiger charge is 2.32. The number of ether oxygens (including phenoxy) is 1. The lowest BCUT2D eigenvalue weighted by Gasteiger charge is -2.16. The lowest BCUT2D eigenvalue weighted by atomic mass is 10.3. The van der Waals surface area contributed by atoms with Crippen molar-refractivity contribution in [3.8, 4) is 0 Å². The molecule has 0 aliphatic rings. The van der Waals surface area contributed by atoms with Gasteiger partial charge in [0.1, 0.15) is 0 Å². The van der Waals surface area contributed by atoms with Crippen molar-refractivity contribution >= 4 is 15.7 Å². The van der Waals surface area contributed by atoms with Gasteiger partial charge in [-0.15, -0.1) is 0 Å². The molecule has 106 valence electrons. The molecule has 0 amide bonds. The molecular formula is C10H13FN2O5S. The summed E-state index contributed by atoms with van der Waals surface area (Å²) in [6, 6.07) is 2.95. The fraction of sp³-hybridized carbons (Fsp3) is 0.400. The summed E-state index contributed by atoms with van der Waals surface area (Å²) in [6.07, 6.45) is 0. The van der Waals surface area contributed by atoms with Crippen LogP contribution < -0.4 is 0 Å². The predicted molar refractivity (Wildman–Crippen MR) is 64.7 cm³/mol. The SMILES string of the molecule is COCCN(C)S(=O)(=O)c1cccc(F)c1[N+](=O)[O-]. The van der Waals surface area contributed by atoms with Crippen LogP contribution in [0.2, 0.25) is 0 Å². The van der Waals surface area contributed by atoms with Crippen molar-refractivity contribution in [1.82, 2.24) is 4.31 Å². The van der Waals surface area contributed by atoms with Gasteiger partial charge >= 0.3 is 5.69 Å². The quantitative estimate of drug-likeness (QED) is 0.576. The second kappa shape index (κ2) is 6.04. The van der Waals surface area contributed by atoms with Crippen LogP contribution in [0.4, 0.5) is 10.1 Å². The summed E-state index contributed by atoms with van der Waals surface area (Å²) < 4.78 is 43.2. The molecule has 0 aliphatic carbocycles. The second-order valence-electron chi connectivity index (χ2n) is 3.66. The minimum atomic E-state index is -4.14. The number of benzene rings is 1. The Kier molecular flexibility index (Phi) is 4.92. The first-order valence-electron chi connectivity index (χ1n) is 5.20. The molecule has 1 aromatic rings. The van der Waals surface area contributed by atoms with E-state index >= 15 is 0 Å². The number of hydrogen-bond donors (Lipinski definition) is 0. The molecule has 0 saturated heterocycles. The Labute approximate surface area is 109 Å². The molecule has 0 atom stereocenters. The van der Waals surface area contributed by atoms with Crippen LogP contribution in [0.3, 0.4) is 0 Å². The number of nitro benzene ring substituents is 1. The van der Waals surface area contributed by atoms with E-state index in [1.165, 1.54) is 14.2 Å². The lowest BCUT2D eigenvalue weighted by molar-refractivity contribution is -0.390. The number of nitrogens with zero attached hydrogens (tertiary/aromatic N) is 2. The number of hydrogen-bond acceptors (Lipinski definition) is 5. The lowest BCUT2D eigenvalue weighted by Crippen LogP contribution is -2.30. The van der Waals surface area contributed by atoms with E-state index < -0.39 is 31.3 Å². The molecule has 0 spiro atoms. The highest BCUT2D eigenvalue weighted by atomic mass is 32.2. The van der Waals surface area contributed by atoms with Crippen LogP contribution in [0.1, 0.15) is 0 Å². The van der Waals surface area contributed by atoms with Crippen molar-refractivity contribution < 1.29 is 22.5 Å². The van der Waals surface area contributed by atoms with Gasteiger partial charge in [0.15, 0.2) is 4.90 Å². The summed E-state index contributed by atoms with van der Waals surface area (Å²) in [6.45, 7) is 0.130. The van der Waals surface area contributed by atoms with E-state index in [2.05, 4.69) is 0 Å². The fourth-order valence-electron chi connectivity index (χ4n) is 1.39. The Bertz CT molecular complexity index is 575. The smallest absolute Gasteiger partial charge is 0.324 e. The summed E-state index contributed by atoms with van der Waals surface area (Å²) in [7, 11) is -1.50. The van der Waals surface area contributed by atoms with E-state index in [9.17, 15) is 22.9 Å². The predicted octanol–water partition coefficient (Wildman–Crippen LogP) is 1.00. The molecule has 0 unspecified atom stereocenters. The minimum absolute atomic E-state index is 0.00645. The van der Waals surface area contributed by atoms with Gasteiger partial charge in [-0.3, -0.25) is 10.1 Å². The molecule has 0 radical (unpaired) electrons. The number of para-hydroxylation sites is 1. The number of nitro groups is 1. The molecule has 7 nitrogen and oxygen atoms in total. The molecule has 1 aromatic carbocycles. The van der Waals surface area contributed by atoms with Crippen molar-refractivity contribution in [2.45, 2.75) is 4.90 Å². The molecule has 19 heavy (non-hydrogen) atoms. The van der Waals surface area contributed by atoms with Gasteiger partial charge < -0.3 is 4.74 Å². The Balaban J connectivity index is 3.29. The molecule has 0 N–H and O–H groups in total. The van der Waals surface area contributed by atoms with Gasteiger partial charge in [0, 0.05) is 20.7 Å². The number of methoxy groups -OCH3 is 1. The summed E-state index contributed by atoms with van der Waals surface area (Å²) in [5, 5.41) is 10.8. The van der Waals surface area contributed by atoms with E-state index in [1.54, 1.807) is 0 Å². The monoisotopic (exact) mass is 292 g/mol. The third kappa shape index (κ3) is 3.25. The maximum Gasteiger partial charge on any atom is 0.324 e. The molecular weight excluding hydrogens is 279 g/mol. The average Bonchev–Trinajstić information content (AvgIpc) is 2.34. The highest BCUT2D eigenvalue weighted by Crippen LogP contribution is 2.28. The zero-order chi connectivity index (χ0) is 14.6. The Hall–Kier alpha value is -1.58. The topological polar surface area (TPSA) is 89.8 Å². The van der Waals surface area contributed by atoms with Gasteiger partial charge in [-0.25, -0.2) is 8.42 Å². The molecule has 1 rings (SSSR count). The number of likely N-dealkylation sites (N-methyl/N-ethyl adjacent to an activating group) is 1. The third-order valence-electron chi connectivity index (χ3n) is 2.43. The van der Waals surface area contributed by atoms with E-state index in [-0.39, 0.29) is 13.2 Å². The van der Waals surface area contributed by atoms with Gasteiger partial charge in [0.25, 0.3) is 0 Å². The fourth-order valence-corrected chi connectivity index (χ4v) is 2.71. The minimum Gasteiger partial charge on any atom is -0.383 e. The van der Waals surface area contributed by atoms with Crippen LogP contribution in [0.25, 0.3) is 0 Å². The van der Waals surface area contributed by atoms with Crippen LogP contribution in [-0.4, -0.2) is 45.0 Å². The van der Waals surface area contributed by atoms with Crippen molar-refractivity contribution in [2.75, 3.05) is 27.3 Å². The van der Waals surface area contributed by atoms with Crippen LogP contribution in [0, 0.1) is 15.9 Å².